The van der Waals surface area contributed by atoms with Crippen molar-refractivity contribution >= 4 is 11.6 Å². The second kappa shape index (κ2) is 7.28. The number of hydrogen-bond acceptors (Lipinski definition) is 6. The molecule has 2 aromatic rings. The fourth-order valence-corrected chi connectivity index (χ4v) is 1.74. The van der Waals surface area contributed by atoms with Crippen LogP contribution in [-0.2, 0) is 16.0 Å². The molecule has 0 aromatic carbocycles. The highest BCUT2D eigenvalue weighted by atomic mass is 35.5. The molecule has 0 fully saturated rings. The van der Waals surface area contributed by atoms with Gasteiger partial charge in [-0.05, 0) is 25.4 Å². The standard InChI is InChI=1S/C12H16ClN5O2/c1-3-19-11(20-4-2)8-18-7-10(16-17-18)9-5-14-12(13)15-6-9/h5-7,11H,3-4,8H2,1-2H3. The van der Waals surface area contributed by atoms with Crippen LogP contribution in [0, 0.1) is 0 Å². The van der Waals surface area contributed by atoms with E-state index in [1.807, 2.05) is 13.8 Å². The summed E-state index contributed by atoms with van der Waals surface area (Å²) in [5.74, 6) is 0. The van der Waals surface area contributed by atoms with E-state index in [4.69, 9.17) is 21.1 Å². The second-order valence-electron chi connectivity index (χ2n) is 3.91. The van der Waals surface area contributed by atoms with Crippen LogP contribution in [0.2, 0.25) is 5.28 Å². The zero-order valence-corrected chi connectivity index (χ0v) is 12.1. The first-order valence-corrected chi connectivity index (χ1v) is 6.72. The average Bonchev–Trinajstić information content (AvgIpc) is 2.89. The summed E-state index contributed by atoms with van der Waals surface area (Å²) in [6.45, 7) is 5.48. The number of nitrogens with zero attached hydrogens (tertiary/aromatic N) is 5. The van der Waals surface area contributed by atoms with E-state index in [0.29, 0.717) is 25.5 Å². The normalized spacial score (nSPS) is 11.2. The lowest BCUT2D eigenvalue weighted by Crippen LogP contribution is -2.24. The summed E-state index contributed by atoms with van der Waals surface area (Å²) < 4.78 is 12.6. The fraction of sp³-hybridized carbons (Fsp3) is 0.500. The van der Waals surface area contributed by atoms with Gasteiger partial charge in [-0.2, -0.15) is 0 Å². The zero-order valence-electron chi connectivity index (χ0n) is 11.4. The molecule has 0 radical (unpaired) electrons. The van der Waals surface area contributed by atoms with E-state index in [9.17, 15) is 0 Å². The van der Waals surface area contributed by atoms with Crippen molar-refractivity contribution < 1.29 is 9.47 Å². The van der Waals surface area contributed by atoms with Gasteiger partial charge >= 0.3 is 0 Å². The molecule has 0 aliphatic carbocycles. The van der Waals surface area contributed by atoms with Gasteiger partial charge in [0.05, 0.1) is 12.7 Å². The van der Waals surface area contributed by atoms with Gasteiger partial charge in [-0.15, -0.1) is 5.10 Å². The van der Waals surface area contributed by atoms with E-state index in [1.54, 1.807) is 23.3 Å². The molecular formula is C12H16ClN5O2. The van der Waals surface area contributed by atoms with Crippen molar-refractivity contribution in [1.82, 2.24) is 25.0 Å². The molecule has 0 aliphatic rings. The monoisotopic (exact) mass is 297 g/mol. The topological polar surface area (TPSA) is 75.0 Å². The third-order valence-electron chi connectivity index (χ3n) is 2.50. The number of rotatable bonds is 7. The van der Waals surface area contributed by atoms with Crippen LogP contribution >= 0.6 is 11.6 Å². The molecule has 0 saturated heterocycles. The van der Waals surface area contributed by atoms with E-state index >= 15 is 0 Å². The molecule has 0 spiro atoms. The van der Waals surface area contributed by atoms with Gasteiger partial charge in [-0.3, -0.25) is 0 Å². The summed E-state index contributed by atoms with van der Waals surface area (Å²) in [6, 6.07) is 0. The van der Waals surface area contributed by atoms with E-state index in [0.717, 1.165) is 5.56 Å². The molecule has 20 heavy (non-hydrogen) atoms. The van der Waals surface area contributed by atoms with Gasteiger partial charge in [-0.1, -0.05) is 5.21 Å². The first-order chi connectivity index (χ1) is 9.72. The van der Waals surface area contributed by atoms with Crippen molar-refractivity contribution in [3.05, 3.63) is 23.9 Å². The van der Waals surface area contributed by atoms with Gasteiger partial charge in [-0.25, -0.2) is 14.6 Å². The average molecular weight is 298 g/mol. The third-order valence-corrected chi connectivity index (χ3v) is 2.69. The first kappa shape index (κ1) is 14.8. The van der Waals surface area contributed by atoms with Gasteiger partial charge < -0.3 is 9.47 Å². The molecule has 2 rings (SSSR count). The Balaban J connectivity index is 2.06. The van der Waals surface area contributed by atoms with Gasteiger partial charge in [0.1, 0.15) is 5.69 Å². The highest BCUT2D eigenvalue weighted by molar-refractivity contribution is 6.28. The smallest absolute Gasteiger partial charge is 0.222 e. The molecule has 0 atom stereocenters. The molecule has 0 saturated carbocycles. The van der Waals surface area contributed by atoms with E-state index in [-0.39, 0.29) is 11.6 Å². The lowest BCUT2D eigenvalue weighted by atomic mass is 10.3. The Bertz CT molecular complexity index is 525. The molecule has 7 nitrogen and oxygen atoms in total. The Morgan fingerprint density at radius 3 is 2.45 bits per heavy atom. The first-order valence-electron chi connectivity index (χ1n) is 6.34. The van der Waals surface area contributed by atoms with E-state index in [2.05, 4.69) is 20.3 Å². The Kier molecular flexibility index (Phi) is 5.40. The van der Waals surface area contributed by atoms with Crippen LogP contribution in [-0.4, -0.2) is 44.5 Å². The van der Waals surface area contributed by atoms with Crippen LogP contribution in [0.15, 0.2) is 18.6 Å². The van der Waals surface area contributed by atoms with Gasteiger partial charge in [0.15, 0.2) is 6.29 Å². The highest BCUT2D eigenvalue weighted by Crippen LogP contribution is 2.15. The van der Waals surface area contributed by atoms with Crippen LogP contribution in [0.25, 0.3) is 11.3 Å². The fourth-order valence-electron chi connectivity index (χ4n) is 1.64. The van der Waals surface area contributed by atoms with Crippen LogP contribution < -0.4 is 0 Å². The van der Waals surface area contributed by atoms with E-state index in [1.165, 1.54) is 0 Å². The molecule has 0 unspecified atom stereocenters. The molecule has 108 valence electrons. The molecule has 2 heterocycles. The molecule has 0 N–H and O–H groups in total. The summed E-state index contributed by atoms with van der Waals surface area (Å²) in [5.41, 5.74) is 1.43. The summed E-state index contributed by atoms with van der Waals surface area (Å²) in [4.78, 5) is 7.82. The van der Waals surface area contributed by atoms with Crippen molar-refractivity contribution in [3.8, 4) is 11.3 Å². The predicted molar refractivity (Wildman–Crippen MR) is 73.1 cm³/mol. The number of hydrogen-bond donors (Lipinski definition) is 0. The predicted octanol–water partition coefficient (Wildman–Crippen LogP) is 1.79. The van der Waals surface area contributed by atoms with Crippen LogP contribution in [0.4, 0.5) is 0 Å². The second-order valence-corrected chi connectivity index (χ2v) is 4.24. The van der Waals surface area contributed by atoms with Gasteiger partial charge in [0.25, 0.3) is 0 Å². The lowest BCUT2D eigenvalue weighted by Gasteiger charge is -2.16. The van der Waals surface area contributed by atoms with Gasteiger partial charge in [0, 0.05) is 31.2 Å². The lowest BCUT2D eigenvalue weighted by molar-refractivity contribution is -0.145. The molecule has 0 bridgehead atoms. The number of ether oxygens (including phenoxy) is 2. The Morgan fingerprint density at radius 1 is 1.20 bits per heavy atom. The van der Waals surface area contributed by atoms with Crippen molar-refractivity contribution in [3.63, 3.8) is 0 Å². The third kappa shape index (κ3) is 3.96. The molecule has 0 aliphatic heterocycles. The van der Waals surface area contributed by atoms with Crippen molar-refractivity contribution in [2.45, 2.75) is 26.7 Å². The minimum Gasteiger partial charge on any atom is -0.351 e. The molecule has 0 amide bonds. The summed E-state index contributed by atoms with van der Waals surface area (Å²) in [5, 5.41) is 8.31. The maximum atomic E-state index is 5.65. The van der Waals surface area contributed by atoms with Crippen LogP contribution in [0.3, 0.4) is 0 Å². The number of halogens is 1. The Morgan fingerprint density at radius 2 is 1.85 bits per heavy atom. The largest absolute Gasteiger partial charge is 0.351 e. The summed E-state index contributed by atoms with van der Waals surface area (Å²) in [7, 11) is 0. The Labute approximate surface area is 121 Å². The Hall–Kier alpha value is -1.57. The molecule has 8 heteroatoms. The summed E-state index contributed by atoms with van der Waals surface area (Å²) in [6.07, 6.45) is 4.66. The molecule has 2 aromatic heterocycles. The summed E-state index contributed by atoms with van der Waals surface area (Å²) >= 11 is 5.65. The van der Waals surface area contributed by atoms with Crippen LogP contribution in [0.5, 0.6) is 0 Å². The maximum Gasteiger partial charge on any atom is 0.222 e. The van der Waals surface area contributed by atoms with Crippen molar-refractivity contribution in [1.29, 1.82) is 0 Å². The zero-order chi connectivity index (χ0) is 14.4. The number of aromatic nitrogens is 5. The molecular weight excluding hydrogens is 282 g/mol. The maximum absolute atomic E-state index is 5.65. The van der Waals surface area contributed by atoms with Crippen molar-refractivity contribution in [2.75, 3.05) is 13.2 Å². The quantitative estimate of drug-likeness (QED) is 0.573. The van der Waals surface area contributed by atoms with Gasteiger partial charge in [0.2, 0.25) is 5.28 Å². The van der Waals surface area contributed by atoms with Crippen molar-refractivity contribution in [2.24, 2.45) is 0 Å². The SMILES string of the molecule is CCOC(Cn1cc(-c2cnc(Cl)nc2)nn1)OCC. The minimum absolute atomic E-state index is 0.203. The minimum atomic E-state index is -0.332. The van der Waals surface area contributed by atoms with E-state index < -0.39 is 0 Å². The highest BCUT2D eigenvalue weighted by Gasteiger charge is 2.11. The van der Waals surface area contributed by atoms with Crippen LogP contribution in [0.1, 0.15) is 13.8 Å².